The van der Waals surface area contributed by atoms with Gasteiger partial charge in [0.1, 0.15) is 5.82 Å². The molecule has 0 amide bonds. The molecule has 0 radical (unpaired) electrons. The van der Waals surface area contributed by atoms with Gasteiger partial charge >= 0.3 is 0 Å². The van der Waals surface area contributed by atoms with E-state index in [0.717, 1.165) is 18.2 Å². The van der Waals surface area contributed by atoms with Gasteiger partial charge in [0.25, 0.3) is 0 Å². The van der Waals surface area contributed by atoms with Gasteiger partial charge in [0.2, 0.25) is 0 Å². The van der Waals surface area contributed by atoms with E-state index in [9.17, 15) is 0 Å². The minimum atomic E-state index is 0.584. The fraction of sp³-hybridized carbons (Fsp3) is 0.615. The SMILES string of the molecule is Nc1cc(NCCCC2CCCC2)ccn1. The van der Waals surface area contributed by atoms with Crippen LogP contribution < -0.4 is 11.1 Å². The Morgan fingerprint density at radius 3 is 2.94 bits per heavy atom. The van der Waals surface area contributed by atoms with Gasteiger partial charge in [-0.3, -0.25) is 0 Å². The summed E-state index contributed by atoms with van der Waals surface area (Å²) >= 11 is 0. The van der Waals surface area contributed by atoms with Crippen molar-refractivity contribution in [2.24, 2.45) is 5.92 Å². The second-order valence-corrected chi connectivity index (χ2v) is 4.69. The molecule has 1 aliphatic rings. The number of hydrogen-bond donors (Lipinski definition) is 2. The molecule has 3 heteroatoms. The minimum absolute atomic E-state index is 0.584. The Kier molecular flexibility index (Phi) is 4.03. The Morgan fingerprint density at radius 1 is 1.38 bits per heavy atom. The molecular formula is C13H21N3. The topological polar surface area (TPSA) is 50.9 Å². The Morgan fingerprint density at radius 2 is 2.19 bits per heavy atom. The predicted molar refractivity (Wildman–Crippen MR) is 68.3 cm³/mol. The molecular weight excluding hydrogens is 198 g/mol. The van der Waals surface area contributed by atoms with Gasteiger partial charge in [0.15, 0.2) is 0 Å². The number of rotatable bonds is 5. The molecule has 1 aliphatic carbocycles. The molecule has 16 heavy (non-hydrogen) atoms. The highest BCUT2D eigenvalue weighted by Gasteiger charge is 2.13. The fourth-order valence-corrected chi connectivity index (χ4v) is 2.48. The van der Waals surface area contributed by atoms with Gasteiger partial charge in [0.05, 0.1) is 0 Å². The maximum Gasteiger partial charge on any atom is 0.125 e. The first-order chi connectivity index (χ1) is 7.84. The molecule has 1 aromatic rings. The summed E-state index contributed by atoms with van der Waals surface area (Å²) in [7, 11) is 0. The summed E-state index contributed by atoms with van der Waals surface area (Å²) < 4.78 is 0. The van der Waals surface area contributed by atoms with E-state index in [4.69, 9.17) is 5.73 Å². The Balaban J connectivity index is 1.64. The van der Waals surface area contributed by atoms with Crippen LogP contribution in [0, 0.1) is 5.92 Å². The zero-order chi connectivity index (χ0) is 11.2. The second kappa shape index (κ2) is 5.73. The van der Waals surface area contributed by atoms with Gasteiger partial charge in [-0.25, -0.2) is 4.98 Å². The summed E-state index contributed by atoms with van der Waals surface area (Å²) in [4.78, 5) is 3.97. The lowest BCUT2D eigenvalue weighted by Crippen LogP contribution is -2.04. The first-order valence-corrected chi connectivity index (χ1v) is 6.30. The third-order valence-corrected chi connectivity index (χ3v) is 3.37. The monoisotopic (exact) mass is 219 g/mol. The van der Waals surface area contributed by atoms with E-state index < -0.39 is 0 Å². The molecule has 0 atom stereocenters. The van der Waals surface area contributed by atoms with Crippen LogP contribution in [0.5, 0.6) is 0 Å². The standard InChI is InChI=1S/C13H21N3/c14-13-10-12(7-9-16-13)15-8-3-6-11-4-1-2-5-11/h7,9-11H,1-6,8H2,(H3,14,15,16). The maximum absolute atomic E-state index is 5.61. The van der Waals surface area contributed by atoms with Crippen molar-refractivity contribution >= 4 is 11.5 Å². The summed E-state index contributed by atoms with van der Waals surface area (Å²) in [6.45, 7) is 1.04. The van der Waals surface area contributed by atoms with Crippen molar-refractivity contribution in [2.45, 2.75) is 38.5 Å². The third-order valence-electron chi connectivity index (χ3n) is 3.37. The predicted octanol–water partition coefficient (Wildman–Crippen LogP) is 3.05. The molecule has 1 heterocycles. The smallest absolute Gasteiger partial charge is 0.125 e. The third kappa shape index (κ3) is 3.40. The van der Waals surface area contributed by atoms with Gasteiger partial charge < -0.3 is 11.1 Å². The molecule has 88 valence electrons. The number of hydrogen-bond acceptors (Lipinski definition) is 3. The minimum Gasteiger partial charge on any atom is -0.385 e. The quantitative estimate of drug-likeness (QED) is 0.748. The van der Waals surface area contributed by atoms with E-state index in [1.807, 2.05) is 12.1 Å². The molecule has 3 N–H and O–H groups in total. The molecule has 0 aromatic carbocycles. The Bertz CT molecular complexity index is 319. The Labute approximate surface area is 97.5 Å². The second-order valence-electron chi connectivity index (χ2n) is 4.69. The highest BCUT2D eigenvalue weighted by molar-refractivity contribution is 5.49. The van der Waals surface area contributed by atoms with Gasteiger partial charge in [-0.2, -0.15) is 0 Å². The molecule has 1 saturated carbocycles. The van der Waals surface area contributed by atoms with Crippen molar-refractivity contribution in [3.8, 4) is 0 Å². The average Bonchev–Trinajstić information content (AvgIpc) is 2.77. The lowest BCUT2D eigenvalue weighted by Gasteiger charge is -2.10. The molecule has 0 spiro atoms. The molecule has 3 nitrogen and oxygen atoms in total. The van der Waals surface area contributed by atoms with E-state index in [2.05, 4.69) is 10.3 Å². The zero-order valence-corrected chi connectivity index (χ0v) is 9.78. The number of nitrogens with one attached hydrogen (secondary N) is 1. The van der Waals surface area contributed by atoms with E-state index in [-0.39, 0.29) is 0 Å². The lowest BCUT2D eigenvalue weighted by atomic mass is 10.0. The van der Waals surface area contributed by atoms with Crippen LogP contribution in [-0.4, -0.2) is 11.5 Å². The largest absolute Gasteiger partial charge is 0.385 e. The molecule has 0 unspecified atom stereocenters. The van der Waals surface area contributed by atoms with E-state index >= 15 is 0 Å². The summed E-state index contributed by atoms with van der Waals surface area (Å²) in [5.41, 5.74) is 6.69. The highest BCUT2D eigenvalue weighted by atomic mass is 14.9. The van der Waals surface area contributed by atoms with Crippen LogP contribution in [0.4, 0.5) is 11.5 Å². The number of anilines is 2. The van der Waals surface area contributed by atoms with Crippen molar-refractivity contribution in [2.75, 3.05) is 17.6 Å². The molecule has 1 aromatic heterocycles. The molecule has 0 aliphatic heterocycles. The summed E-state index contributed by atoms with van der Waals surface area (Å²) in [5, 5.41) is 3.39. The molecule has 0 bridgehead atoms. The van der Waals surface area contributed by atoms with Crippen LogP contribution in [0.1, 0.15) is 38.5 Å². The molecule has 1 fully saturated rings. The van der Waals surface area contributed by atoms with Gasteiger partial charge in [-0.05, 0) is 24.8 Å². The number of aromatic nitrogens is 1. The molecule has 0 saturated heterocycles. The van der Waals surface area contributed by atoms with Crippen LogP contribution in [0.3, 0.4) is 0 Å². The van der Waals surface area contributed by atoms with Crippen LogP contribution in [0.25, 0.3) is 0 Å². The Hall–Kier alpha value is -1.25. The van der Waals surface area contributed by atoms with Gasteiger partial charge in [-0.15, -0.1) is 0 Å². The lowest BCUT2D eigenvalue weighted by molar-refractivity contribution is 0.491. The maximum atomic E-state index is 5.61. The molecule has 2 rings (SSSR count). The van der Waals surface area contributed by atoms with Gasteiger partial charge in [0, 0.05) is 24.5 Å². The number of nitrogen functional groups attached to an aromatic ring is 1. The number of nitrogens with two attached hydrogens (primary N) is 1. The van der Waals surface area contributed by atoms with Crippen molar-refractivity contribution < 1.29 is 0 Å². The summed E-state index contributed by atoms with van der Waals surface area (Å²) in [6, 6.07) is 3.85. The van der Waals surface area contributed by atoms with Crippen LogP contribution >= 0.6 is 0 Å². The van der Waals surface area contributed by atoms with Crippen LogP contribution in [0.2, 0.25) is 0 Å². The summed E-state index contributed by atoms with van der Waals surface area (Å²) in [5.74, 6) is 1.57. The van der Waals surface area contributed by atoms with Crippen molar-refractivity contribution in [3.63, 3.8) is 0 Å². The first kappa shape index (κ1) is 11.2. The van der Waals surface area contributed by atoms with E-state index in [0.29, 0.717) is 5.82 Å². The highest BCUT2D eigenvalue weighted by Crippen LogP contribution is 2.28. The summed E-state index contributed by atoms with van der Waals surface area (Å²) in [6.07, 6.45) is 10.2. The number of pyridine rings is 1. The van der Waals surface area contributed by atoms with Crippen LogP contribution in [0.15, 0.2) is 18.3 Å². The fourth-order valence-electron chi connectivity index (χ4n) is 2.48. The number of nitrogens with zero attached hydrogens (tertiary/aromatic N) is 1. The normalized spacial score (nSPS) is 16.5. The van der Waals surface area contributed by atoms with E-state index in [1.165, 1.54) is 38.5 Å². The van der Waals surface area contributed by atoms with Crippen molar-refractivity contribution in [1.82, 2.24) is 4.98 Å². The average molecular weight is 219 g/mol. The van der Waals surface area contributed by atoms with Crippen molar-refractivity contribution in [1.29, 1.82) is 0 Å². The van der Waals surface area contributed by atoms with Gasteiger partial charge in [-0.1, -0.05) is 25.7 Å². The van der Waals surface area contributed by atoms with Crippen LogP contribution in [-0.2, 0) is 0 Å². The first-order valence-electron chi connectivity index (χ1n) is 6.30. The zero-order valence-electron chi connectivity index (χ0n) is 9.78. The van der Waals surface area contributed by atoms with E-state index in [1.54, 1.807) is 6.20 Å². The van der Waals surface area contributed by atoms with Crippen molar-refractivity contribution in [3.05, 3.63) is 18.3 Å².